The number of benzene rings is 3. The third-order valence-electron chi connectivity index (χ3n) is 5.62. The Kier molecular flexibility index (Phi) is 5.26. The first kappa shape index (κ1) is 18.4. The molecule has 1 aliphatic heterocycles. The molecule has 4 rings (SSSR count). The van der Waals surface area contributed by atoms with Crippen molar-refractivity contribution in [1.29, 1.82) is 0 Å². The van der Waals surface area contributed by atoms with Crippen LogP contribution in [0.1, 0.15) is 6.92 Å². The van der Waals surface area contributed by atoms with Gasteiger partial charge in [0.05, 0.1) is 31.9 Å². The van der Waals surface area contributed by atoms with Gasteiger partial charge in [0.1, 0.15) is 5.82 Å². The molecular formula is C23H25FN3O+. The minimum atomic E-state index is -0.187. The highest BCUT2D eigenvalue weighted by Crippen LogP contribution is 2.19. The highest BCUT2D eigenvalue weighted by molar-refractivity contribution is 5.96. The SMILES string of the molecule is C[C@@H](C(=O)Nc1ccc2ccccc2c1)[NH+]1CCN(c2ccccc2F)CC1. The van der Waals surface area contributed by atoms with E-state index >= 15 is 0 Å². The molecule has 0 aromatic heterocycles. The summed E-state index contributed by atoms with van der Waals surface area (Å²) in [5, 5.41) is 5.32. The van der Waals surface area contributed by atoms with Gasteiger partial charge in [-0.15, -0.1) is 0 Å². The Morgan fingerprint density at radius 1 is 1.00 bits per heavy atom. The zero-order valence-electron chi connectivity index (χ0n) is 16.0. The molecule has 4 nitrogen and oxygen atoms in total. The molecule has 3 aromatic rings. The number of carbonyl (C=O) groups excluding carboxylic acids is 1. The van der Waals surface area contributed by atoms with Crippen molar-refractivity contribution in [3.63, 3.8) is 0 Å². The Hall–Kier alpha value is -2.92. The Labute approximate surface area is 164 Å². The molecule has 144 valence electrons. The van der Waals surface area contributed by atoms with Gasteiger partial charge in [-0.2, -0.15) is 0 Å². The van der Waals surface area contributed by atoms with Gasteiger partial charge in [-0.3, -0.25) is 4.79 Å². The fourth-order valence-corrected chi connectivity index (χ4v) is 3.88. The normalized spacial score (nSPS) is 16.1. The van der Waals surface area contributed by atoms with Crippen molar-refractivity contribution >= 4 is 28.1 Å². The van der Waals surface area contributed by atoms with Crippen LogP contribution in [0.3, 0.4) is 0 Å². The van der Waals surface area contributed by atoms with E-state index in [0.29, 0.717) is 5.69 Å². The number of rotatable bonds is 4. The molecule has 0 spiro atoms. The molecule has 0 bridgehead atoms. The van der Waals surface area contributed by atoms with Crippen LogP contribution in [-0.4, -0.2) is 38.1 Å². The second-order valence-corrected chi connectivity index (χ2v) is 7.37. The predicted molar refractivity (Wildman–Crippen MR) is 111 cm³/mol. The Bertz CT molecular complexity index is 982. The van der Waals surface area contributed by atoms with Crippen molar-refractivity contribution in [3.05, 3.63) is 72.5 Å². The van der Waals surface area contributed by atoms with Crippen LogP contribution in [0.25, 0.3) is 10.8 Å². The van der Waals surface area contributed by atoms with Crippen LogP contribution in [0.4, 0.5) is 15.8 Å². The number of hydrogen-bond donors (Lipinski definition) is 2. The summed E-state index contributed by atoms with van der Waals surface area (Å²) in [7, 11) is 0. The first-order chi connectivity index (χ1) is 13.6. The van der Waals surface area contributed by atoms with Crippen LogP contribution in [0.15, 0.2) is 66.7 Å². The Morgan fingerprint density at radius 2 is 1.68 bits per heavy atom. The zero-order valence-corrected chi connectivity index (χ0v) is 16.0. The molecular weight excluding hydrogens is 353 g/mol. The maximum Gasteiger partial charge on any atom is 0.282 e. The van der Waals surface area contributed by atoms with Gasteiger partial charge in [0.25, 0.3) is 5.91 Å². The summed E-state index contributed by atoms with van der Waals surface area (Å²) in [4.78, 5) is 16.0. The lowest BCUT2D eigenvalue weighted by Crippen LogP contribution is -3.19. The highest BCUT2D eigenvalue weighted by Gasteiger charge is 2.29. The van der Waals surface area contributed by atoms with E-state index in [2.05, 4.69) is 16.3 Å². The number of amides is 1. The van der Waals surface area contributed by atoms with E-state index < -0.39 is 0 Å². The third-order valence-corrected chi connectivity index (χ3v) is 5.62. The predicted octanol–water partition coefficient (Wildman–Crippen LogP) is 2.71. The fourth-order valence-electron chi connectivity index (χ4n) is 3.88. The van der Waals surface area contributed by atoms with E-state index in [9.17, 15) is 9.18 Å². The third kappa shape index (κ3) is 3.85. The van der Waals surface area contributed by atoms with Crippen LogP contribution in [-0.2, 0) is 4.79 Å². The molecule has 3 aromatic carbocycles. The minimum Gasteiger partial charge on any atom is -0.358 e. The van der Waals surface area contributed by atoms with Crippen LogP contribution >= 0.6 is 0 Å². The van der Waals surface area contributed by atoms with Crippen molar-refractivity contribution in [2.75, 3.05) is 36.4 Å². The maximum absolute atomic E-state index is 14.0. The van der Waals surface area contributed by atoms with Crippen LogP contribution in [0, 0.1) is 5.82 Å². The second kappa shape index (κ2) is 7.98. The first-order valence-electron chi connectivity index (χ1n) is 9.75. The number of halogens is 1. The molecule has 1 atom stereocenters. The molecule has 1 fully saturated rings. The molecule has 28 heavy (non-hydrogen) atoms. The van der Waals surface area contributed by atoms with Gasteiger partial charge in [-0.05, 0) is 42.0 Å². The van der Waals surface area contributed by atoms with Gasteiger partial charge in [-0.1, -0.05) is 42.5 Å². The zero-order chi connectivity index (χ0) is 19.5. The second-order valence-electron chi connectivity index (χ2n) is 7.37. The smallest absolute Gasteiger partial charge is 0.282 e. The van der Waals surface area contributed by atoms with Gasteiger partial charge >= 0.3 is 0 Å². The largest absolute Gasteiger partial charge is 0.358 e. The van der Waals surface area contributed by atoms with Crippen molar-refractivity contribution in [1.82, 2.24) is 0 Å². The van der Waals surface area contributed by atoms with E-state index in [1.807, 2.05) is 55.5 Å². The number of nitrogens with zero attached hydrogens (tertiary/aromatic N) is 1. The number of piperazine rings is 1. The molecule has 2 N–H and O–H groups in total. The number of anilines is 2. The molecule has 5 heteroatoms. The monoisotopic (exact) mass is 378 g/mol. The van der Waals surface area contributed by atoms with Crippen molar-refractivity contribution in [3.8, 4) is 0 Å². The number of fused-ring (bicyclic) bond motifs is 1. The summed E-state index contributed by atoms with van der Waals surface area (Å²) in [6.07, 6.45) is 0. The number of nitrogens with one attached hydrogen (secondary N) is 2. The fraction of sp³-hybridized carbons (Fsp3) is 0.261. The van der Waals surface area contributed by atoms with E-state index in [0.717, 1.165) is 42.6 Å². The first-order valence-corrected chi connectivity index (χ1v) is 9.75. The number of quaternary nitrogens is 1. The van der Waals surface area contributed by atoms with Crippen LogP contribution in [0.2, 0.25) is 0 Å². The van der Waals surface area contributed by atoms with Crippen molar-refractivity contribution in [2.24, 2.45) is 0 Å². The molecule has 0 unspecified atom stereocenters. The van der Waals surface area contributed by atoms with E-state index in [4.69, 9.17) is 0 Å². The minimum absolute atomic E-state index is 0.0182. The summed E-state index contributed by atoms with van der Waals surface area (Å²) in [6.45, 7) is 5.06. The lowest BCUT2D eigenvalue weighted by molar-refractivity contribution is -0.914. The molecule has 1 heterocycles. The van der Waals surface area contributed by atoms with Crippen molar-refractivity contribution < 1.29 is 14.1 Å². The Balaban J connectivity index is 1.37. The average molecular weight is 378 g/mol. The Morgan fingerprint density at radius 3 is 2.43 bits per heavy atom. The molecule has 0 saturated carbocycles. The quantitative estimate of drug-likeness (QED) is 0.733. The summed E-state index contributed by atoms with van der Waals surface area (Å²) in [6, 6.07) is 20.8. The topological polar surface area (TPSA) is 36.8 Å². The highest BCUT2D eigenvalue weighted by atomic mass is 19.1. The number of hydrogen-bond acceptors (Lipinski definition) is 2. The van der Waals surface area contributed by atoms with Gasteiger partial charge < -0.3 is 15.1 Å². The lowest BCUT2D eigenvalue weighted by Gasteiger charge is -2.36. The maximum atomic E-state index is 14.0. The standard InChI is InChI=1S/C23H24FN3O/c1-17(23(28)25-20-11-10-18-6-2-3-7-19(18)16-20)26-12-14-27(15-13-26)22-9-5-4-8-21(22)24/h2-11,16-17H,12-15H2,1H3,(H,25,28)/p+1/t17-/m0/s1. The van der Waals surface area contributed by atoms with Gasteiger partial charge in [-0.25, -0.2) is 4.39 Å². The van der Waals surface area contributed by atoms with Crippen molar-refractivity contribution in [2.45, 2.75) is 13.0 Å². The van der Waals surface area contributed by atoms with E-state index in [1.54, 1.807) is 6.07 Å². The van der Waals surface area contributed by atoms with Crippen LogP contribution in [0.5, 0.6) is 0 Å². The molecule has 1 amide bonds. The average Bonchev–Trinajstić information content (AvgIpc) is 2.73. The molecule has 0 radical (unpaired) electrons. The lowest BCUT2D eigenvalue weighted by atomic mass is 10.1. The molecule has 0 aliphatic carbocycles. The van der Waals surface area contributed by atoms with E-state index in [-0.39, 0.29) is 17.8 Å². The van der Waals surface area contributed by atoms with Gasteiger partial charge in [0.15, 0.2) is 6.04 Å². The number of carbonyl (C=O) groups is 1. The summed E-state index contributed by atoms with van der Waals surface area (Å²) in [5.41, 5.74) is 1.47. The van der Waals surface area contributed by atoms with Crippen LogP contribution < -0.4 is 15.1 Å². The number of para-hydroxylation sites is 1. The summed E-state index contributed by atoms with van der Waals surface area (Å²) < 4.78 is 14.0. The molecule has 1 saturated heterocycles. The summed E-state index contributed by atoms with van der Waals surface area (Å²) in [5.74, 6) is -0.169. The van der Waals surface area contributed by atoms with Gasteiger partial charge in [0.2, 0.25) is 0 Å². The van der Waals surface area contributed by atoms with E-state index in [1.165, 1.54) is 11.0 Å². The van der Waals surface area contributed by atoms with Gasteiger partial charge in [0, 0.05) is 5.69 Å². The molecule has 1 aliphatic rings. The summed E-state index contributed by atoms with van der Waals surface area (Å²) >= 11 is 0.